The monoisotopic (exact) mass is 432 g/mol. The fourth-order valence-electron chi connectivity index (χ4n) is 1.41. The molecule has 0 fully saturated rings. The van der Waals surface area contributed by atoms with Gasteiger partial charge in [-0.2, -0.15) is 0 Å². The van der Waals surface area contributed by atoms with E-state index in [9.17, 15) is 0 Å². The van der Waals surface area contributed by atoms with Crippen molar-refractivity contribution in [3.63, 3.8) is 0 Å². The predicted octanol–water partition coefficient (Wildman–Crippen LogP) is -2.68. The second kappa shape index (κ2) is 14.4. The minimum absolute atomic E-state index is 0. The molecule has 112 valence electrons. The van der Waals surface area contributed by atoms with Gasteiger partial charge in [-0.05, 0) is 23.3 Å². The van der Waals surface area contributed by atoms with Crippen molar-refractivity contribution in [3.8, 4) is 0 Å². The van der Waals surface area contributed by atoms with E-state index in [0.29, 0.717) is 0 Å². The second-order valence-electron chi connectivity index (χ2n) is 3.62. The molecule has 2 aliphatic carbocycles. The molecular formula is C16H18Cl2O2Sn. The molecule has 0 bridgehead atoms. The van der Waals surface area contributed by atoms with Crippen LogP contribution in [0.5, 0.6) is 0 Å². The predicted molar refractivity (Wildman–Crippen MR) is 81.1 cm³/mol. The van der Waals surface area contributed by atoms with E-state index in [-0.39, 0.29) is 48.7 Å². The standard InChI is InChI=1S/2C8H9O.2ClH.Sn/c2*1-7-5-3-4-6-8(7)9-2;;;/h2*3-6H,1H2,2H3;2*1H;/q;;;;+2/p-2. The maximum atomic E-state index is 4.98. The Bertz CT molecular complexity index is 407. The molecule has 0 aliphatic heterocycles. The van der Waals surface area contributed by atoms with Crippen LogP contribution in [0.2, 0.25) is 0 Å². The molecule has 0 atom stereocenters. The summed E-state index contributed by atoms with van der Waals surface area (Å²) >= 11 is 0. The molecule has 0 N–H and O–H groups in total. The first-order valence-corrected chi connectivity index (χ1v) is 5.59. The van der Waals surface area contributed by atoms with E-state index in [1.165, 1.54) is 0 Å². The van der Waals surface area contributed by atoms with Gasteiger partial charge in [0.1, 0.15) is 11.5 Å². The van der Waals surface area contributed by atoms with Gasteiger partial charge >= 0.3 is 23.9 Å². The third-order valence-corrected chi connectivity index (χ3v) is 2.39. The van der Waals surface area contributed by atoms with Crippen LogP contribution in [0.25, 0.3) is 0 Å². The van der Waals surface area contributed by atoms with Gasteiger partial charge in [0.25, 0.3) is 0 Å². The number of halogens is 2. The second-order valence-corrected chi connectivity index (χ2v) is 3.62. The zero-order valence-corrected chi connectivity index (χ0v) is 16.5. The number of hydrogen-bond acceptors (Lipinski definition) is 2. The van der Waals surface area contributed by atoms with Crippen molar-refractivity contribution in [1.29, 1.82) is 0 Å². The Hall–Kier alpha value is -0.581. The fraction of sp³-hybridized carbons (Fsp3) is 0.125. The third-order valence-electron chi connectivity index (χ3n) is 2.39. The van der Waals surface area contributed by atoms with Gasteiger partial charge in [0.2, 0.25) is 0 Å². The Morgan fingerprint density at radius 3 is 1.24 bits per heavy atom. The van der Waals surface area contributed by atoms with Crippen LogP contribution in [0.15, 0.2) is 72.3 Å². The molecule has 0 amide bonds. The third kappa shape index (κ3) is 9.12. The molecule has 0 aromatic carbocycles. The van der Waals surface area contributed by atoms with E-state index in [0.717, 1.165) is 22.7 Å². The van der Waals surface area contributed by atoms with Gasteiger partial charge in [-0.15, -0.1) is 0 Å². The van der Waals surface area contributed by atoms with Gasteiger partial charge in [-0.3, -0.25) is 0 Å². The van der Waals surface area contributed by atoms with Crippen molar-refractivity contribution in [2.24, 2.45) is 0 Å². The van der Waals surface area contributed by atoms with E-state index < -0.39 is 0 Å². The summed E-state index contributed by atoms with van der Waals surface area (Å²) in [4.78, 5) is 0. The smallest absolute Gasteiger partial charge is 1.00 e. The Kier molecular flexibility index (Phi) is 17.4. The van der Waals surface area contributed by atoms with Gasteiger partial charge in [-0.1, -0.05) is 37.5 Å². The van der Waals surface area contributed by atoms with Crippen LogP contribution in [-0.4, -0.2) is 38.1 Å². The van der Waals surface area contributed by atoms with E-state index >= 15 is 0 Å². The Labute approximate surface area is 157 Å². The first kappa shape index (κ1) is 25.4. The first-order chi connectivity index (χ1) is 8.69. The zero-order valence-electron chi connectivity index (χ0n) is 12.1. The van der Waals surface area contributed by atoms with Crippen molar-refractivity contribution in [2.75, 3.05) is 14.2 Å². The van der Waals surface area contributed by atoms with Crippen molar-refractivity contribution in [3.05, 3.63) is 85.1 Å². The van der Waals surface area contributed by atoms with Gasteiger partial charge < -0.3 is 34.3 Å². The maximum absolute atomic E-state index is 4.98. The number of ether oxygens (including phenoxy) is 2. The van der Waals surface area contributed by atoms with Crippen LogP contribution >= 0.6 is 0 Å². The topological polar surface area (TPSA) is 18.5 Å². The summed E-state index contributed by atoms with van der Waals surface area (Å²) in [6, 6.07) is 0. The number of hydrogen-bond donors (Lipinski definition) is 0. The minimum atomic E-state index is 0. The van der Waals surface area contributed by atoms with Crippen LogP contribution in [-0.2, 0) is 9.47 Å². The number of rotatable bonds is 2. The molecule has 4 radical (unpaired) electrons. The SMILES string of the molecule is C=C1[CH]C=CC=C1OC.C=C1[CH]C=CC=C1OC.[Cl-].[Cl-].[Sn+2]. The van der Waals surface area contributed by atoms with E-state index in [2.05, 4.69) is 13.2 Å². The van der Waals surface area contributed by atoms with Crippen LogP contribution in [0.1, 0.15) is 0 Å². The summed E-state index contributed by atoms with van der Waals surface area (Å²) in [6.45, 7) is 7.53. The quantitative estimate of drug-likeness (QED) is 0.444. The summed E-state index contributed by atoms with van der Waals surface area (Å²) in [7, 11) is 3.29. The Balaban J connectivity index is -0.000000270. The van der Waals surface area contributed by atoms with E-state index in [1.54, 1.807) is 14.2 Å². The first-order valence-electron chi connectivity index (χ1n) is 5.59. The molecule has 0 aromatic rings. The summed E-state index contributed by atoms with van der Waals surface area (Å²) < 4.78 is 9.96. The fourth-order valence-corrected chi connectivity index (χ4v) is 1.41. The molecular weight excluding hydrogens is 414 g/mol. The van der Waals surface area contributed by atoms with Crippen LogP contribution in [0, 0.1) is 12.8 Å². The van der Waals surface area contributed by atoms with Gasteiger partial charge in [0.05, 0.1) is 14.2 Å². The zero-order chi connectivity index (χ0) is 13.4. The van der Waals surface area contributed by atoms with Gasteiger partial charge in [0, 0.05) is 12.8 Å². The van der Waals surface area contributed by atoms with Crippen LogP contribution in [0.3, 0.4) is 0 Å². The number of methoxy groups -OCH3 is 2. The van der Waals surface area contributed by atoms with Crippen molar-refractivity contribution >= 4 is 23.9 Å². The average molecular weight is 432 g/mol. The molecule has 0 unspecified atom stereocenters. The molecule has 0 spiro atoms. The van der Waals surface area contributed by atoms with Gasteiger partial charge in [0.15, 0.2) is 0 Å². The minimum Gasteiger partial charge on any atom is -1.00 e. The maximum Gasteiger partial charge on any atom is 2.00 e. The van der Waals surface area contributed by atoms with E-state index in [1.807, 2.05) is 49.3 Å². The Morgan fingerprint density at radius 1 is 0.714 bits per heavy atom. The van der Waals surface area contributed by atoms with Crippen molar-refractivity contribution in [1.82, 2.24) is 0 Å². The van der Waals surface area contributed by atoms with Crippen LogP contribution < -0.4 is 24.8 Å². The molecule has 2 nitrogen and oxygen atoms in total. The normalized spacial score (nSPS) is 15.0. The summed E-state index contributed by atoms with van der Waals surface area (Å²) in [6.07, 6.45) is 15.3. The molecule has 0 heterocycles. The summed E-state index contributed by atoms with van der Waals surface area (Å²) in [5, 5.41) is 0. The van der Waals surface area contributed by atoms with Gasteiger partial charge in [-0.25, -0.2) is 0 Å². The molecule has 5 heteroatoms. The summed E-state index contributed by atoms with van der Waals surface area (Å²) in [5.41, 5.74) is 1.86. The molecule has 21 heavy (non-hydrogen) atoms. The van der Waals surface area contributed by atoms with Crippen LogP contribution in [0.4, 0.5) is 0 Å². The molecule has 0 saturated heterocycles. The molecule has 0 saturated carbocycles. The van der Waals surface area contributed by atoms with Crippen molar-refractivity contribution < 1.29 is 34.3 Å². The summed E-state index contributed by atoms with van der Waals surface area (Å²) in [5.74, 6) is 1.69. The van der Waals surface area contributed by atoms with E-state index in [4.69, 9.17) is 9.47 Å². The molecule has 0 aromatic heterocycles. The Morgan fingerprint density at radius 2 is 1.05 bits per heavy atom. The average Bonchev–Trinajstić information content (AvgIpc) is 2.41. The molecule has 2 aliphatic rings. The molecule has 2 rings (SSSR count). The largest absolute Gasteiger partial charge is 2.00 e. The van der Waals surface area contributed by atoms with Crippen molar-refractivity contribution in [2.45, 2.75) is 0 Å². The number of allylic oxidation sites excluding steroid dienone is 8.